The van der Waals surface area contributed by atoms with Gasteiger partial charge in [-0.3, -0.25) is 14.5 Å². The van der Waals surface area contributed by atoms with Gasteiger partial charge in [0.05, 0.1) is 31.4 Å². The van der Waals surface area contributed by atoms with Crippen molar-refractivity contribution in [3.8, 4) is 0 Å². The van der Waals surface area contributed by atoms with Crippen LogP contribution >= 0.6 is 15.9 Å². The normalized spacial score (nSPS) is 23.6. The first-order valence-corrected chi connectivity index (χ1v) is 14.0. The zero-order valence-corrected chi connectivity index (χ0v) is 23.3. The molecule has 2 aromatic rings. The summed E-state index contributed by atoms with van der Waals surface area (Å²) < 4.78 is 5.79. The first-order chi connectivity index (χ1) is 18.7. The average molecular weight is 598 g/mol. The summed E-state index contributed by atoms with van der Waals surface area (Å²) in [5.74, 6) is -1.15. The van der Waals surface area contributed by atoms with E-state index in [1.54, 1.807) is 45.9 Å². The van der Waals surface area contributed by atoms with Gasteiger partial charge in [-0.25, -0.2) is 4.79 Å². The molecule has 5 rings (SSSR count). The zero-order chi connectivity index (χ0) is 27.7. The monoisotopic (exact) mass is 597 g/mol. The van der Waals surface area contributed by atoms with Crippen molar-refractivity contribution in [2.45, 2.75) is 44.4 Å². The van der Waals surface area contributed by atoms with Crippen molar-refractivity contribution < 1.29 is 29.3 Å². The summed E-state index contributed by atoms with van der Waals surface area (Å²) in [5.41, 5.74) is 0.767. The molecular formula is C29H32BrN3O6. The van der Waals surface area contributed by atoms with E-state index in [2.05, 4.69) is 15.9 Å². The number of hydrogen-bond acceptors (Lipinski definition) is 6. The van der Waals surface area contributed by atoms with Crippen LogP contribution in [0, 0.1) is 5.92 Å². The van der Waals surface area contributed by atoms with Crippen LogP contribution in [0.2, 0.25) is 0 Å². The number of hydrogen-bond donors (Lipinski definition) is 2. The molecule has 2 saturated heterocycles. The number of aliphatic hydroxyl groups is 2. The summed E-state index contributed by atoms with van der Waals surface area (Å²) in [7, 11) is 0. The number of amides is 3. The summed E-state index contributed by atoms with van der Waals surface area (Å²) in [6, 6.07) is 12.6. The minimum absolute atomic E-state index is 0.0490. The molecule has 0 spiro atoms. The van der Waals surface area contributed by atoms with Crippen LogP contribution in [0.15, 0.2) is 59.1 Å². The van der Waals surface area contributed by atoms with Crippen LogP contribution < -0.4 is 9.80 Å². The van der Waals surface area contributed by atoms with Gasteiger partial charge in [0, 0.05) is 34.6 Å². The molecule has 9 nitrogen and oxygen atoms in total. The van der Waals surface area contributed by atoms with Crippen molar-refractivity contribution in [1.82, 2.24) is 4.90 Å². The number of carbonyl (C=O) groups excluding carboxylic acids is 3. The number of cyclic esters (lactones) is 1. The van der Waals surface area contributed by atoms with E-state index >= 15 is 0 Å². The van der Waals surface area contributed by atoms with Gasteiger partial charge in [0.25, 0.3) is 5.91 Å². The van der Waals surface area contributed by atoms with Crippen molar-refractivity contribution in [1.29, 1.82) is 0 Å². The van der Waals surface area contributed by atoms with E-state index in [-0.39, 0.29) is 31.5 Å². The lowest BCUT2D eigenvalue weighted by Gasteiger charge is -2.28. The quantitative estimate of drug-likeness (QED) is 0.449. The predicted molar refractivity (Wildman–Crippen MR) is 149 cm³/mol. The molecule has 3 atom stereocenters. The molecule has 0 unspecified atom stereocenters. The number of anilines is 2. The maximum Gasteiger partial charge on any atom is 0.414 e. The highest BCUT2D eigenvalue weighted by Gasteiger charge is 2.52. The highest BCUT2D eigenvalue weighted by molar-refractivity contribution is 9.10. The Kier molecular flexibility index (Phi) is 7.80. The number of rotatable bonds is 8. The van der Waals surface area contributed by atoms with Crippen molar-refractivity contribution in [2.24, 2.45) is 5.92 Å². The van der Waals surface area contributed by atoms with E-state index in [1.165, 1.54) is 0 Å². The molecule has 0 aliphatic carbocycles. The fraction of sp³-hybridized carbons (Fsp3) is 0.414. The lowest BCUT2D eigenvalue weighted by atomic mass is 9.83. The highest BCUT2D eigenvalue weighted by Crippen LogP contribution is 2.47. The first kappa shape index (κ1) is 27.4. The summed E-state index contributed by atoms with van der Waals surface area (Å²) >= 11 is 3.47. The topological polar surface area (TPSA) is 111 Å². The third kappa shape index (κ3) is 5.08. The fourth-order valence-electron chi connectivity index (χ4n) is 5.69. The molecule has 0 bridgehead atoms. The maximum absolute atomic E-state index is 13.9. The van der Waals surface area contributed by atoms with E-state index in [0.29, 0.717) is 36.6 Å². The Morgan fingerprint density at radius 1 is 1.23 bits per heavy atom. The van der Waals surface area contributed by atoms with Crippen molar-refractivity contribution >= 4 is 45.2 Å². The third-order valence-corrected chi connectivity index (χ3v) is 8.33. The predicted octanol–water partition coefficient (Wildman–Crippen LogP) is 3.71. The lowest BCUT2D eigenvalue weighted by molar-refractivity contribution is -0.139. The number of nitrogens with zero attached hydrogens (tertiary/aromatic N) is 3. The van der Waals surface area contributed by atoms with E-state index in [4.69, 9.17) is 4.74 Å². The van der Waals surface area contributed by atoms with Gasteiger partial charge in [0.15, 0.2) is 5.60 Å². The van der Waals surface area contributed by atoms with Gasteiger partial charge < -0.3 is 24.7 Å². The van der Waals surface area contributed by atoms with Crippen LogP contribution in [0.3, 0.4) is 0 Å². The minimum Gasteiger partial charge on any atom is -0.447 e. The van der Waals surface area contributed by atoms with Gasteiger partial charge in [0.2, 0.25) is 5.91 Å². The molecule has 3 aliphatic heterocycles. The van der Waals surface area contributed by atoms with Crippen LogP contribution in [0.5, 0.6) is 0 Å². The van der Waals surface area contributed by atoms with E-state index in [0.717, 1.165) is 22.9 Å². The summed E-state index contributed by atoms with van der Waals surface area (Å²) in [4.78, 5) is 43.4. The van der Waals surface area contributed by atoms with E-state index in [9.17, 15) is 24.6 Å². The van der Waals surface area contributed by atoms with Gasteiger partial charge in [-0.2, -0.15) is 0 Å². The second-order valence-electron chi connectivity index (χ2n) is 10.2. The Morgan fingerprint density at radius 2 is 2.05 bits per heavy atom. The molecule has 0 aromatic heterocycles. The van der Waals surface area contributed by atoms with Gasteiger partial charge in [-0.05, 0) is 48.7 Å². The molecule has 0 saturated carbocycles. The molecule has 39 heavy (non-hydrogen) atoms. The summed E-state index contributed by atoms with van der Waals surface area (Å²) in [6.07, 6.45) is 4.81. The molecule has 0 radical (unpaired) electrons. The van der Waals surface area contributed by atoms with Gasteiger partial charge in [-0.15, -0.1) is 0 Å². The second-order valence-corrected chi connectivity index (χ2v) is 11.2. The molecule has 3 heterocycles. The Morgan fingerprint density at radius 3 is 2.79 bits per heavy atom. The Labute approximate surface area is 235 Å². The Hall–Kier alpha value is -3.21. The number of likely N-dealkylation sites (tertiary alicyclic amines) is 1. The lowest BCUT2D eigenvalue weighted by Crippen LogP contribution is -2.44. The fourth-order valence-corrected chi connectivity index (χ4v) is 6.05. The van der Waals surface area contributed by atoms with Crippen molar-refractivity contribution in [2.75, 3.05) is 36.1 Å². The molecule has 206 valence electrons. The SMILES string of the molecule is C[C@H](/C=C/CC(=O)N1CCC[C@H]1CO)[C@@]1(O)C(=O)N(Cc2cccc(N3CCOC3=O)c2)c2ccc(Br)cc21. The molecule has 2 aromatic carbocycles. The molecule has 2 fully saturated rings. The third-order valence-electron chi connectivity index (χ3n) is 7.84. The standard InChI is InChI=1S/C29H32BrN3O6/c1-19(5-2-9-26(35)31-12-4-8-23(31)18-34)29(38)24-16-21(30)10-11-25(24)33(27(29)36)17-20-6-3-7-22(15-20)32-13-14-39-28(32)37/h2-3,5-7,10-11,15-16,19,23,34,38H,4,8-9,12-14,17-18H2,1H3/b5-2+/t19-,23+,29+/m1/s1. The molecule has 2 N–H and O–H groups in total. The number of fused-ring (bicyclic) bond motifs is 1. The minimum atomic E-state index is -1.82. The zero-order valence-electron chi connectivity index (χ0n) is 21.8. The second kappa shape index (κ2) is 11.1. The number of ether oxygens (including phenoxy) is 1. The summed E-state index contributed by atoms with van der Waals surface area (Å²) in [6.45, 7) is 3.35. The number of benzene rings is 2. The molecule has 10 heteroatoms. The number of carbonyl (C=O) groups is 3. The molecular weight excluding hydrogens is 566 g/mol. The Bertz CT molecular complexity index is 1320. The van der Waals surface area contributed by atoms with Crippen LogP contribution in [0.25, 0.3) is 0 Å². The smallest absolute Gasteiger partial charge is 0.414 e. The molecule has 3 aliphatic rings. The summed E-state index contributed by atoms with van der Waals surface area (Å²) in [5, 5.41) is 21.4. The van der Waals surface area contributed by atoms with Crippen molar-refractivity contribution in [3.63, 3.8) is 0 Å². The van der Waals surface area contributed by atoms with Crippen LogP contribution in [0.4, 0.5) is 16.2 Å². The number of halogens is 1. The maximum atomic E-state index is 13.9. The van der Waals surface area contributed by atoms with Crippen LogP contribution in [-0.2, 0) is 26.5 Å². The van der Waals surface area contributed by atoms with E-state index in [1.807, 2.05) is 30.3 Å². The van der Waals surface area contributed by atoms with Crippen molar-refractivity contribution in [3.05, 3.63) is 70.2 Å². The van der Waals surface area contributed by atoms with Gasteiger partial charge in [-0.1, -0.05) is 47.1 Å². The highest BCUT2D eigenvalue weighted by atomic mass is 79.9. The first-order valence-electron chi connectivity index (χ1n) is 13.2. The van der Waals surface area contributed by atoms with Gasteiger partial charge >= 0.3 is 6.09 Å². The van der Waals surface area contributed by atoms with Crippen LogP contribution in [0.1, 0.15) is 37.3 Å². The van der Waals surface area contributed by atoms with E-state index < -0.39 is 23.5 Å². The van der Waals surface area contributed by atoms with Crippen LogP contribution in [-0.4, -0.2) is 65.4 Å². The number of aliphatic hydroxyl groups excluding tert-OH is 1. The molecule has 3 amide bonds. The Balaban J connectivity index is 1.37. The van der Waals surface area contributed by atoms with Gasteiger partial charge in [0.1, 0.15) is 6.61 Å². The average Bonchev–Trinajstić information content (AvgIpc) is 3.63. The largest absolute Gasteiger partial charge is 0.447 e.